The van der Waals surface area contributed by atoms with Gasteiger partial charge in [-0.1, -0.05) is 17.7 Å². The van der Waals surface area contributed by atoms with Gasteiger partial charge in [-0.25, -0.2) is 8.42 Å². The van der Waals surface area contributed by atoms with Crippen LogP contribution >= 0.6 is 11.6 Å². The number of nitrogens with zero attached hydrogens (tertiary/aromatic N) is 1. The molecule has 0 saturated carbocycles. The molecule has 0 aromatic heterocycles. The highest BCUT2D eigenvalue weighted by Gasteiger charge is 2.14. The quantitative estimate of drug-likeness (QED) is 0.820. The van der Waals surface area contributed by atoms with E-state index in [9.17, 15) is 8.42 Å². The van der Waals surface area contributed by atoms with Crippen molar-refractivity contribution in [2.75, 3.05) is 19.5 Å². The number of hydrogen-bond acceptors (Lipinski definition) is 4. The number of methoxy groups -OCH3 is 1. The van der Waals surface area contributed by atoms with Gasteiger partial charge in [0.1, 0.15) is 0 Å². The topological polar surface area (TPSA) is 67.2 Å². The minimum absolute atomic E-state index is 0.0418. The summed E-state index contributed by atoms with van der Waals surface area (Å²) in [7, 11) is -1.78. The van der Waals surface area contributed by atoms with Crippen LogP contribution in [-0.2, 0) is 20.3 Å². The molecule has 0 unspecified atom stereocenters. The van der Waals surface area contributed by atoms with Gasteiger partial charge < -0.3 is 4.74 Å². The van der Waals surface area contributed by atoms with Crippen LogP contribution in [0.15, 0.2) is 18.2 Å². The lowest BCUT2D eigenvalue weighted by atomic mass is 10.2. The minimum Gasteiger partial charge on any atom is -0.384 e. The van der Waals surface area contributed by atoms with Crippen molar-refractivity contribution in [2.45, 2.75) is 5.75 Å². The Kier molecular flexibility index (Phi) is 4.94. The number of halogens is 1. The van der Waals surface area contributed by atoms with Crippen LogP contribution in [0.3, 0.4) is 0 Å². The smallest absolute Gasteiger partial charge is 0.156 e. The van der Waals surface area contributed by atoms with E-state index in [1.54, 1.807) is 12.1 Å². The van der Waals surface area contributed by atoms with Gasteiger partial charge in [-0.15, -0.1) is 0 Å². The van der Waals surface area contributed by atoms with Crippen molar-refractivity contribution < 1.29 is 13.2 Å². The lowest BCUT2D eigenvalue weighted by Crippen LogP contribution is -2.13. The first-order valence-corrected chi connectivity index (χ1v) is 7.06. The highest BCUT2D eigenvalue weighted by molar-refractivity contribution is 7.90. The monoisotopic (exact) mass is 273 g/mol. The van der Waals surface area contributed by atoms with E-state index < -0.39 is 9.84 Å². The predicted molar refractivity (Wildman–Crippen MR) is 65.5 cm³/mol. The Morgan fingerprint density at radius 3 is 2.71 bits per heavy atom. The maximum absolute atomic E-state index is 11.7. The third kappa shape index (κ3) is 4.35. The summed E-state index contributed by atoms with van der Waals surface area (Å²) in [5.74, 6) is -0.180. The van der Waals surface area contributed by atoms with Crippen molar-refractivity contribution in [3.63, 3.8) is 0 Å². The lowest BCUT2D eigenvalue weighted by molar-refractivity contribution is 0.217. The normalized spacial score (nSPS) is 11.1. The number of hydrogen-bond donors (Lipinski definition) is 0. The van der Waals surface area contributed by atoms with E-state index in [-0.39, 0.29) is 18.1 Å². The Balaban J connectivity index is 2.86. The van der Waals surface area contributed by atoms with Crippen molar-refractivity contribution >= 4 is 21.4 Å². The van der Waals surface area contributed by atoms with E-state index in [1.165, 1.54) is 13.2 Å². The highest BCUT2D eigenvalue weighted by atomic mass is 35.5. The van der Waals surface area contributed by atoms with E-state index in [2.05, 4.69) is 0 Å². The van der Waals surface area contributed by atoms with Crippen molar-refractivity contribution in [1.29, 1.82) is 5.26 Å². The van der Waals surface area contributed by atoms with Crippen LogP contribution in [0.5, 0.6) is 0 Å². The molecule has 0 heterocycles. The standard InChI is InChI=1S/C11H12ClNO3S/c1-16-4-5-17(14,15)8-10-3-2-9(7-13)6-11(10)12/h2-3,6H,4-5,8H2,1H3. The summed E-state index contributed by atoms with van der Waals surface area (Å²) in [6.07, 6.45) is 0. The van der Waals surface area contributed by atoms with Crippen LogP contribution in [0.25, 0.3) is 0 Å². The average molecular weight is 274 g/mol. The first-order chi connectivity index (χ1) is 7.98. The molecule has 0 atom stereocenters. The lowest BCUT2D eigenvalue weighted by Gasteiger charge is -2.06. The van der Waals surface area contributed by atoms with Gasteiger partial charge in [-0.3, -0.25) is 0 Å². The van der Waals surface area contributed by atoms with Crippen LogP contribution in [-0.4, -0.2) is 27.9 Å². The molecule has 0 saturated heterocycles. The second kappa shape index (κ2) is 6.01. The third-order valence-electron chi connectivity index (χ3n) is 2.16. The summed E-state index contributed by atoms with van der Waals surface area (Å²) in [4.78, 5) is 0. The fourth-order valence-corrected chi connectivity index (χ4v) is 2.87. The summed E-state index contributed by atoms with van der Waals surface area (Å²) >= 11 is 5.90. The maximum Gasteiger partial charge on any atom is 0.156 e. The summed E-state index contributed by atoms with van der Waals surface area (Å²) in [6.45, 7) is 0.163. The maximum atomic E-state index is 11.7. The van der Waals surface area contributed by atoms with Crippen LogP contribution < -0.4 is 0 Å². The molecule has 0 aliphatic rings. The molecule has 0 aliphatic carbocycles. The molecule has 6 heteroatoms. The molecular formula is C11H12ClNO3S. The number of sulfone groups is 1. The fourth-order valence-electron chi connectivity index (χ4n) is 1.25. The van der Waals surface area contributed by atoms with Gasteiger partial charge in [0.15, 0.2) is 9.84 Å². The summed E-state index contributed by atoms with van der Waals surface area (Å²) in [5, 5.41) is 8.95. The molecule has 1 aromatic carbocycles. The molecule has 0 amide bonds. The first kappa shape index (κ1) is 14.0. The SMILES string of the molecule is COCCS(=O)(=O)Cc1ccc(C#N)cc1Cl. The predicted octanol–water partition coefficient (Wildman–Crippen LogP) is 1.77. The van der Waals surface area contributed by atoms with Crippen molar-refractivity contribution in [3.05, 3.63) is 34.3 Å². The Bertz CT molecular complexity index is 534. The molecule has 0 bridgehead atoms. The summed E-state index contributed by atoms with van der Waals surface area (Å²) < 4.78 is 28.1. The van der Waals surface area contributed by atoms with Gasteiger partial charge in [0, 0.05) is 12.1 Å². The van der Waals surface area contributed by atoms with Crippen LogP contribution in [0.2, 0.25) is 5.02 Å². The third-order valence-corrected chi connectivity index (χ3v) is 4.05. The molecule has 1 aromatic rings. The summed E-state index contributed by atoms with van der Waals surface area (Å²) in [6, 6.07) is 6.51. The van der Waals surface area contributed by atoms with E-state index in [4.69, 9.17) is 21.6 Å². The van der Waals surface area contributed by atoms with E-state index in [0.717, 1.165) is 0 Å². The van der Waals surface area contributed by atoms with Gasteiger partial charge in [-0.05, 0) is 17.7 Å². The largest absolute Gasteiger partial charge is 0.384 e. The number of rotatable bonds is 5. The van der Waals surface area contributed by atoms with Gasteiger partial charge in [0.05, 0.1) is 29.7 Å². The molecule has 92 valence electrons. The first-order valence-electron chi connectivity index (χ1n) is 4.86. The molecular weight excluding hydrogens is 262 g/mol. The number of ether oxygens (including phenoxy) is 1. The zero-order chi connectivity index (χ0) is 12.9. The van der Waals surface area contributed by atoms with Gasteiger partial charge in [0.25, 0.3) is 0 Å². The molecule has 0 aliphatic heterocycles. The Morgan fingerprint density at radius 2 is 2.18 bits per heavy atom. The Hall–Kier alpha value is -1.09. The van der Waals surface area contributed by atoms with E-state index >= 15 is 0 Å². The average Bonchev–Trinajstić information content (AvgIpc) is 2.29. The van der Waals surface area contributed by atoms with Crippen molar-refractivity contribution in [1.82, 2.24) is 0 Å². The van der Waals surface area contributed by atoms with Gasteiger partial charge in [-0.2, -0.15) is 5.26 Å². The second-order valence-corrected chi connectivity index (χ2v) is 6.09. The zero-order valence-electron chi connectivity index (χ0n) is 9.31. The van der Waals surface area contributed by atoms with Crippen molar-refractivity contribution in [3.8, 4) is 6.07 Å². The van der Waals surface area contributed by atoms with Crippen LogP contribution in [0, 0.1) is 11.3 Å². The molecule has 4 nitrogen and oxygen atoms in total. The van der Waals surface area contributed by atoms with Crippen LogP contribution in [0.4, 0.5) is 0 Å². The minimum atomic E-state index is -3.23. The van der Waals surface area contributed by atoms with Gasteiger partial charge in [0.2, 0.25) is 0 Å². The summed E-state index contributed by atoms with van der Waals surface area (Å²) in [5.41, 5.74) is 0.912. The van der Waals surface area contributed by atoms with E-state index in [1.807, 2.05) is 6.07 Å². The Morgan fingerprint density at radius 1 is 1.47 bits per heavy atom. The second-order valence-electron chi connectivity index (χ2n) is 3.50. The highest BCUT2D eigenvalue weighted by Crippen LogP contribution is 2.20. The van der Waals surface area contributed by atoms with Crippen LogP contribution in [0.1, 0.15) is 11.1 Å². The number of benzene rings is 1. The molecule has 0 spiro atoms. The molecule has 1 rings (SSSR count). The molecule has 0 radical (unpaired) electrons. The number of nitriles is 1. The zero-order valence-corrected chi connectivity index (χ0v) is 10.9. The molecule has 0 fully saturated rings. The Labute approximate surface area is 106 Å². The fraction of sp³-hybridized carbons (Fsp3) is 0.364. The van der Waals surface area contributed by atoms with Gasteiger partial charge >= 0.3 is 0 Å². The van der Waals surface area contributed by atoms with E-state index in [0.29, 0.717) is 16.1 Å². The molecule has 17 heavy (non-hydrogen) atoms. The van der Waals surface area contributed by atoms with Crippen molar-refractivity contribution in [2.24, 2.45) is 0 Å². The molecule has 0 N–H and O–H groups in total.